The average Bonchev–Trinajstić information content (AvgIpc) is 2.96. The Kier molecular flexibility index (Phi) is 4.68. The maximum atomic E-state index is 13.0. The van der Waals surface area contributed by atoms with E-state index < -0.39 is 35.5 Å². The van der Waals surface area contributed by atoms with Gasteiger partial charge in [0.15, 0.2) is 0 Å². The number of carbonyl (C=O) groups is 1. The first-order chi connectivity index (χ1) is 10.5. The number of hydrogen-bond acceptors (Lipinski definition) is 2. The summed E-state index contributed by atoms with van der Waals surface area (Å²) in [5.74, 6) is -0.984. The number of halogens is 5. The summed E-state index contributed by atoms with van der Waals surface area (Å²) in [6.07, 6.45) is -5.55. The molecular weight excluding hydrogens is 321 g/mol. The molecule has 23 heavy (non-hydrogen) atoms. The molecule has 1 N–H and O–H groups in total. The van der Waals surface area contributed by atoms with Gasteiger partial charge in [-0.25, -0.2) is 13.8 Å². The van der Waals surface area contributed by atoms with Gasteiger partial charge in [-0.15, -0.1) is 0 Å². The van der Waals surface area contributed by atoms with Crippen molar-refractivity contribution in [2.75, 3.05) is 13.1 Å². The molecule has 0 spiro atoms. The van der Waals surface area contributed by atoms with Gasteiger partial charge in [0.2, 0.25) is 5.91 Å². The maximum absolute atomic E-state index is 13.0. The Bertz CT molecular complexity index is 567. The highest BCUT2D eigenvalue weighted by Crippen LogP contribution is 2.33. The smallest absolute Gasteiger partial charge is 0.341 e. The number of piperidine rings is 1. The van der Waals surface area contributed by atoms with Crippen molar-refractivity contribution in [2.45, 2.75) is 45.2 Å². The van der Waals surface area contributed by atoms with Crippen LogP contribution >= 0.6 is 0 Å². The van der Waals surface area contributed by atoms with Crippen molar-refractivity contribution in [3.63, 3.8) is 0 Å². The molecule has 0 bridgehead atoms. The molecule has 0 radical (unpaired) electrons. The Morgan fingerprint density at radius 1 is 1.39 bits per heavy atom. The highest BCUT2D eigenvalue weighted by molar-refractivity contribution is 5.82. The van der Waals surface area contributed by atoms with E-state index in [1.165, 1.54) is 4.90 Å². The molecule has 1 saturated heterocycles. The number of aromatic amines is 1. The van der Waals surface area contributed by atoms with Crippen molar-refractivity contribution in [3.8, 4) is 0 Å². The highest BCUT2D eigenvalue weighted by Gasteiger charge is 2.42. The van der Waals surface area contributed by atoms with Crippen molar-refractivity contribution < 1.29 is 26.7 Å². The number of alkyl halides is 5. The lowest BCUT2D eigenvalue weighted by molar-refractivity contribution is -0.150. The molecule has 0 unspecified atom stereocenters. The SMILES string of the molecule is CC(C)(C(=O)N1CCC[C@@H](c2ncc(C(F)(F)F)[nH]2)C1)C(F)F. The first-order valence-corrected chi connectivity index (χ1v) is 7.23. The predicted molar refractivity (Wildman–Crippen MR) is 71.9 cm³/mol. The van der Waals surface area contributed by atoms with E-state index in [1.807, 2.05) is 0 Å². The first kappa shape index (κ1) is 17.7. The molecule has 1 aliphatic heterocycles. The second-order valence-electron chi connectivity index (χ2n) is 6.29. The van der Waals surface area contributed by atoms with Gasteiger partial charge in [0.25, 0.3) is 6.43 Å². The number of H-pyrrole nitrogens is 1. The van der Waals surface area contributed by atoms with Gasteiger partial charge in [-0.05, 0) is 26.7 Å². The van der Waals surface area contributed by atoms with E-state index in [0.29, 0.717) is 25.6 Å². The van der Waals surface area contributed by atoms with Crippen LogP contribution in [0, 0.1) is 5.41 Å². The fourth-order valence-corrected chi connectivity index (χ4v) is 2.57. The Labute approximate surface area is 130 Å². The van der Waals surface area contributed by atoms with E-state index >= 15 is 0 Å². The van der Waals surface area contributed by atoms with Crippen LogP contribution < -0.4 is 0 Å². The first-order valence-electron chi connectivity index (χ1n) is 7.23. The van der Waals surface area contributed by atoms with Crippen LogP contribution in [-0.2, 0) is 11.0 Å². The third-order valence-electron chi connectivity index (χ3n) is 4.09. The van der Waals surface area contributed by atoms with E-state index in [1.54, 1.807) is 0 Å². The van der Waals surface area contributed by atoms with Crippen LogP contribution in [0.4, 0.5) is 22.0 Å². The summed E-state index contributed by atoms with van der Waals surface area (Å²) in [5, 5.41) is 0. The molecule has 1 amide bonds. The number of nitrogens with zero attached hydrogens (tertiary/aromatic N) is 2. The third kappa shape index (κ3) is 3.64. The fraction of sp³-hybridized carbons (Fsp3) is 0.714. The molecule has 130 valence electrons. The van der Waals surface area contributed by atoms with Crippen molar-refractivity contribution in [3.05, 3.63) is 17.7 Å². The molecule has 1 aromatic heterocycles. The molecule has 0 aliphatic carbocycles. The second kappa shape index (κ2) is 6.09. The van der Waals surface area contributed by atoms with Crippen molar-refractivity contribution in [2.24, 2.45) is 5.41 Å². The summed E-state index contributed by atoms with van der Waals surface area (Å²) in [5.41, 5.74) is -2.77. The van der Waals surface area contributed by atoms with E-state index in [0.717, 1.165) is 13.8 Å². The lowest BCUT2D eigenvalue weighted by Crippen LogP contribution is -2.48. The number of likely N-dealkylation sites (tertiary alicyclic amines) is 1. The Morgan fingerprint density at radius 2 is 2.04 bits per heavy atom. The van der Waals surface area contributed by atoms with Gasteiger partial charge in [0.1, 0.15) is 16.9 Å². The van der Waals surface area contributed by atoms with E-state index in [9.17, 15) is 26.7 Å². The lowest BCUT2D eigenvalue weighted by atomic mass is 9.89. The number of rotatable bonds is 3. The van der Waals surface area contributed by atoms with Gasteiger partial charge in [-0.2, -0.15) is 13.2 Å². The number of amides is 1. The van der Waals surface area contributed by atoms with Crippen LogP contribution in [0.15, 0.2) is 6.20 Å². The minimum absolute atomic E-state index is 0.0831. The van der Waals surface area contributed by atoms with E-state index in [2.05, 4.69) is 9.97 Å². The molecule has 1 aliphatic rings. The second-order valence-corrected chi connectivity index (χ2v) is 6.29. The molecule has 0 aromatic carbocycles. The molecule has 4 nitrogen and oxygen atoms in total. The Balaban J connectivity index is 2.12. The summed E-state index contributed by atoms with van der Waals surface area (Å²) in [6.45, 7) is 2.73. The minimum atomic E-state index is -4.52. The highest BCUT2D eigenvalue weighted by atomic mass is 19.4. The van der Waals surface area contributed by atoms with Gasteiger partial charge in [-0.1, -0.05) is 0 Å². The zero-order valence-electron chi connectivity index (χ0n) is 12.8. The van der Waals surface area contributed by atoms with Crippen LogP contribution in [0.2, 0.25) is 0 Å². The van der Waals surface area contributed by atoms with Gasteiger partial charge in [-0.3, -0.25) is 4.79 Å². The number of imidazole rings is 1. The van der Waals surface area contributed by atoms with Gasteiger partial charge in [0, 0.05) is 19.0 Å². The molecule has 1 atom stereocenters. The standard InChI is InChI=1S/C14H18F5N3O/c1-13(2,11(15)16)12(23)22-5-3-4-8(7-22)10-20-6-9(21-10)14(17,18)19/h6,8,11H,3-5,7H2,1-2H3,(H,20,21)/t8-/m1/s1. The van der Waals surface area contributed by atoms with E-state index in [-0.39, 0.29) is 12.4 Å². The minimum Gasteiger partial charge on any atom is -0.341 e. The topological polar surface area (TPSA) is 49.0 Å². The molecular formula is C14H18F5N3O. The van der Waals surface area contributed by atoms with Gasteiger partial charge < -0.3 is 9.88 Å². The van der Waals surface area contributed by atoms with Crippen molar-refractivity contribution in [1.29, 1.82) is 0 Å². The molecule has 2 heterocycles. The predicted octanol–water partition coefficient (Wildman–Crippen LogP) is 3.43. The monoisotopic (exact) mass is 339 g/mol. The number of aromatic nitrogens is 2. The summed E-state index contributed by atoms with van der Waals surface area (Å²) in [4.78, 5) is 19.5. The van der Waals surface area contributed by atoms with Crippen LogP contribution in [-0.4, -0.2) is 40.3 Å². The maximum Gasteiger partial charge on any atom is 0.432 e. The number of carbonyl (C=O) groups excluding carboxylic acids is 1. The molecule has 1 fully saturated rings. The van der Waals surface area contributed by atoms with Crippen LogP contribution in [0.3, 0.4) is 0 Å². The summed E-state index contributed by atoms with van der Waals surface area (Å²) in [7, 11) is 0. The van der Waals surface area contributed by atoms with Crippen LogP contribution in [0.1, 0.15) is 44.1 Å². The van der Waals surface area contributed by atoms with Gasteiger partial charge >= 0.3 is 6.18 Å². The number of hydrogen-bond donors (Lipinski definition) is 1. The zero-order chi connectivity index (χ0) is 17.4. The molecule has 1 aromatic rings. The lowest BCUT2D eigenvalue weighted by Gasteiger charge is -2.36. The van der Waals surface area contributed by atoms with Gasteiger partial charge in [0.05, 0.1) is 6.20 Å². The van der Waals surface area contributed by atoms with E-state index in [4.69, 9.17) is 0 Å². The summed E-state index contributed by atoms with van der Waals surface area (Å²) >= 11 is 0. The number of nitrogens with one attached hydrogen (secondary N) is 1. The van der Waals surface area contributed by atoms with Crippen LogP contribution in [0.25, 0.3) is 0 Å². The fourth-order valence-electron chi connectivity index (χ4n) is 2.57. The zero-order valence-corrected chi connectivity index (χ0v) is 12.8. The Hall–Kier alpha value is -1.67. The quantitative estimate of drug-likeness (QED) is 0.858. The summed E-state index contributed by atoms with van der Waals surface area (Å²) in [6, 6.07) is 0. The normalized spacial score (nSPS) is 20.2. The molecule has 2 rings (SSSR count). The summed E-state index contributed by atoms with van der Waals surface area (Å²) < 4.78 is 63.8. The van der Waals surface area contributed by atoms with Crippen molar-refractivity contribution >= 4 is 5.91 Å². The molecule has 0 saturated carbocycles. The molecule has 9 heteroatoms. The third-order valence-corrected chi connectivity index (χ3v) is 4.09. The Morgan fingerprint density at radius 3 is 2.57 bits per heavy atom. The van der Waals surface area contributed by atoms with Crippen LogP contribution in [0.5, 0.6) is 0 Å². The average molecular weight is 339 g/mol. The van der Waals surface area contributed by atoms with Crippen molar-refractivity contribution in [1.82, 2.24) is 14.9 Å². The largest absolute Gasteiger partial charge is 0.432 e.